The van der Waals surface area contributed by atoms with Gasteiger partial charge in [-0.1, -0.05) is 6.92 Å². The highest BCUT2D eigenvalue weighted by atomic mass is 32.2. The molecule has 1 fully saturated rings. The lowest BCUT2D eigenvalue weighted by Crippen LogP contribution is -2.31. The third-order valence-corrected chi connectivity index (χ3v) is 4.04. The molecule has 0 unspecified atom stereocenters. The molecule has 0 radical (unpaired) electrons. The number of nitrogens with one attached hydrogen (secondary N) is 2. The van der Waals surface area contributed by atoms with Crippen molar-refractivity contribution in [3.05, 3.63) is 0 Å². The minimum atomic E-state index is -3.00. The van der Waals surface area contributed by atoms with Gasteiger partial charge in [-0.15, -0.1) is 0 Å². The van der Waals surface area contributed by atoms with E-state index in [1.165, 1.54) is 12.8 Å². The summed E-state index contributed by atoms with van der Waals surface area (Å²) in [4.78, 5) is 0. The first-order valence-corrected chi connectivity index (χ1v) is 7.00. The van der Waals surface area contributed by atoms with Gasteiger partial charge in [-0.25, -0.2) is 13.1 Å². The summed E-state index contributed by atoms with van der Waals surface area (Å²) in [5.74, 6) is 0.241. The van der Waals surface area contributed by atoms with E-state index >= 15 is 0 Å². The molecule has 0 spiro atoms. The first-order chi connectivity index (χ1) is 6.64. The fourth-order valence-electron chi connectivity index (χ4n) is 1.73. The predicted molar refractivity (Wildman–Crippen MR) is 57.7 cm³/mol. The molecule has 1 atom stereocenters. The van der Waals surface area contributed by atoms with E-state index in [-0.39, 0.29) is 5.75 Å². The van der Waals surface area contributed by atoms with Crippen molar-refractivity contribution >= 4 is 10.0 Å². The molecule has 4 nitrogen and oxygen atoms in total. The van der Waals surface area contributed by atoms with E-state index in [1.54, 1.807) is 0 Å². The second kappa shape index (κ2) is 5.68. The van der Waals surface area contributed by atoms with Gasteiger partial charge >= 0.3 is 0 Å². The van der Waals surface area contributed by atoms with Crippen LogP contribution in [0.5, 0.6) is 0 Å². The smallest absolute Gasteiger partial charge is 0.211 e. The van der Waals surface area contributed by atoms with E-state index in [2.05, 4.69) is 10.0 Å². The highest BCUT2D eigenvalue weighted by molar-refractivity contribution is 7.89. The van der Waals surface area contributed by atoms with Crippen molar-refractivity contribution in [3.8, 4) is 0 Å². The van der Waals surface area contributed by atoms with Gasteiger partial charge in [0.1, 0.15) is 0 Å². The Morgan fingerprint density at radius 3 is 2.86 bits per heavy atom. The molecule has 84 valence electrons. The third kappa shape index (κ3) is 4.39. The van der Waals surface area contributed by atoms with E-state index in [0.29, 0.717) is 19.0 Å². The van der Waals surface area contributed by atoms with Crippen molar-refractivity contribution in [3.63, 3.8) is 0 Å². The monoisotopic (exact) mass is 220 g/mol. The average molecular weight is 220 g/mol. The average Bonchev–Trinajstić information content (AvgIpc) is 2.56. The minimum Gasteiger partial charge on any atom is -0.314 e. The molecule has 14 heavy (non-hydrogen) atoms. The van der Waals surface area contributed by atoms with E-state index in [1.807, 2.05) is 6.92 Å². The largest absolute Gasteiger partial charge is 0.314 e. The van der Waals surface area contributed by atoms with Crippen LogP contribution in [0.3, 0.4) is 0 Å². The van der Waals surface area contributed by atoms with Gasteiger partial charge < -0.3 is 5.32 Å². The summed E-state index contributed by atoms with van der Waals surface area (Å²) in [6.45, 7) is 3.52. The van der Waals surface area contributed by atoms with Crippen LogP contribution in [0.2, 0.25) is 0 Å². The molecule has 1 rings (SSSR count). The number of sulfonamides is 1. The van der Waals surface area contributed by atoms with Crippen molar-refractivity contribution in [1.82, 2.24) is 10.0 Å². The van der Waals surface area contributed by atoms with Crippen LogP contribution >= 0.6 is 0 Å². The van der Waals surface area contributed by atoms with Crippen LogP contribution in [0.1, 0.15) is 32.6 Å². The van der Waals surface area contributed by atoms with Crippen molar-refractivity contribution in [2.45, 2.75) is 38.6 Å². The van der Waals surface area contributed by atoms with Crippen LogP contribution in [0.4, 0.5) is 0 Å². The molecule has 5 heteroatoms. The molecule has 2 N–H and O–H groups in total. The van der Waals surface area contributed by atoms with Crippen LogP contribution < -0.4 is 10.0 Å². The summed E-state index contributed by atoms with van der Waals surface area (Å²) < 4.78 is 25.2. The standard InChI is InChI=1S/C9H20N2O2S/c1-2-8-14(12,13)11-7-5-9-4-3-6-10-9/h9-11H,2-8H2,1H3/t9-/m1/s1. The molecule has 0 aromatic heterocycles. The fraction of sp³-hybridized carbons (Fsp3) is 1.00. The lowest BCUT2D eigenvalue weighted by molar-refractivity contribution is 0.539. The molecule has 0 saturated carbocycles. The van der Waals surface area contributed by atoms with Gasteiger partial charge in [0, 0.05) is 12.6 Å². The van der Waals surface area contributed by atoms with Crippen LogP contribution in [0.25, 0.3) is 0 Å². The van der Waals surface area contributed by atoms with Crippen molar-refractivity contribution < 1.29 is 8.42 Å². The first kappa shape index (κ1) is 11.9. The fourth-order valence-corrected chi connectivity index (χ4v) is 2.84. The summed E-state index contributed by atoms with van der Waals surface area (Å²) in [5, 5.41) is 3.34. The molecule has 0 aliphatic carbocycles. The first-order valence-electron chi connectivity index (χ1n) is 5.35. The Balaban J connectivity index is 2.13. The van der Waals surface area contributed by atoms with Crippen molar-refractivity contribution in [2.75, 3.05) is 18.8 Å². The Labute approximate surface area is 86.5 Å². The second-order valence-corrected chi connectivity index (χ2v) is 5.72. The lowest BCUT2D eigenvalue weighted by atomic mass is 10.2. The van der Waals surface area contributed by atoms with E-state index < -0.39 is 10.0 Å². The maximum atomic E-state index is 11.3. The third-order valence-electron chi connectivity index (χ3n) is 2.45. The molecule has 0 bridgehead atoms. The summed E-state index contributed by atoms with van der Waals surface area (Å²) >= 11 is 0. The second-order valence-electron chi connectivity index (χ2n) is 3.80. The van der Waals surface area contributed by atoms with Gasteiger partial charge in [0.25, 0.3) is 0 Å². The van der Waals surface area contributed by atoms with Crippen LogP contribution in [0.15, 0.2) is 0 Å². The molecule has 1 saturated heterocycles. The van der Waals surface area contributed by atoms with Crippen molar-refractivity contribution in [1.29, 1.82) is 0 Å². The predicted octanol–water partition coefficient (Wildman–Crippen LogP) is 0.458. The zero-order chi connectivity index (χ0) is 10.4. The van der Waals surface area contributed by atoms with Gasteiger partial charge in [-0.05, 0) is 32.2 Å². The zero-order valence-corrected chi connectivity index (χ0v) is 9.57. The summed E-state index contributed by atoms with van der Waals surface area (Å²) in [7, 11) is -3.00. The quantitative estimate of drug-likeness (QED) is 0.683. The van der Waals surface area contributed by atoms with Gasteiger partial charge in [-0.2, -0.15) is 0 Å². The normalized spacial score (nSPS) is 22.8. The van der Waals surface area contributed by atoms with Gasteiger partial charge in [-0.3, -0.25) is 0 Å². The Morgan fingerprint density at radius 1 is 1.50 bits per heavy atom. The number of hydrogen-bond donors (Lipinski definition) is 2. The minimum absolute atomic E-state index is 0.241. The van der Waals surface area contributed by atoms with Crippen molar-refractivity contribution in [2.24, 2.45) is 0 Å². The topological polar surface area (TPSA) is 58.2 Å². The van der Waals surface area contributed by atoms with Gasteiger partial charge in [0.2, 0.25) is 10.0 Å². The summed E-state index contributed by atoms with van der Waals surface area (Å²) in [5.41, 5.74) is 0. The Hall–Kier alpha value is -0.130. The van der Waals surface area contributed by atoms with Gasteiger partial charge in [0.15, 0.2) is 0 Å². The molecule has 0 aromatic rings. The SMILES string of the molecule is CCCS(=O)(=O)NCC[C@H]1CCCN1. The van der Waals surface area contributed by atoms with Crippen LogP contribution in [0, 0.1) is 0 Å². The van der Waals surface area contributed by atoms with Crippen LogP contribution in [-0.4, -0.2) is 33.3 Å². The zero-order valence-electron chi connectivity index (χ0n) is 8.75. The number of rotatable bonds is 6. The number of hydrogen-bond acceptors (Lipinski definition) is 3. The summed E-state index contributed by atoms with van der Waals surface area (Å²) in [6.07, 6.45) is 3.97. The highest BCUT2D eigenvalue weighted by Crippen LogP contribution is 2.07. The molecular weight excluding hydrogens is 200 g/mol. The highest BCUT2D eigenvalue weighted by Gasteiger charge is 2.14. The Bertz CT molecular complexity index is 246. The van der Waals surface area contributed by atoms with Gasteiger partial charge in [0.05, 0.1) is 5.75 Å². The molecule has 1 aliphatic heterocycles. The maximum absolute atomic E-state index is 11.3. The Morgan fingerprint density at radius 2 is 2.29 bits per heavy atom. The van der Waals surface area contributed by atoms with E-state index in [0.717, 1.165) is 13.0 Å². The summed E-state index contributed by atoms with van der Waals surface area (Å²) in [6, 6.07) is 0.513. The van der Waals surface area contributed by atoms with Crippen LogP contribution in [-0.2, 0) is 10.0 Å². The Kier molecular flexibility index (Phi) is 4.84. The molecule has 1 aliphatic rings. The van der Waals surface area contributed by atoms with E-state index in [9.17, 15) is 8.42 Å². The maximum Gasteiger partial charge on any atom is 0.211 e. The molecular formula is C9H20N2O2S. The van der Waals surface area contributed by atoms with E-state index in [4.69, 9.17) is 0 Å². The lowest BCUT2D eigenvalue weighted by Gasteiger charge is -2.10. The molecule has 0 amide bonds. The molecule has 0 aromatic carbocycles. The molecule has 1 heterocycles.